The first-order chi connectivity index (χ1) is 10.1. The van der Waals surface area contributed by atoms with Crippen molar-refractivity contribution in [3.8, 4) is 0 Å². The summed E-state index contributed by atoms with van der Waals surface area (Å²) in [6.07, 6.45) is 3.60. The lowest BCUT2D eigenvalue weighted by atomic mass is 10.1. The summed E-state index contributed by atoms with van der Waals surface area (Å²) in [5.74, 6) is -1.23. The Bertz CT molecular complexity index is 680. The van der Waals surface area contributed by atoms with E-state index in [1.54, 1.807) is 10.9 Å². The van der Waals surface area contributed by atoms with Crippen LogP contribution in [0.25, 0.3) is 10.9 Å². The van der Waals surface area contributed by atoms with Gasteiger partial charge in [0.1, 0.15) is 6.54 Å². The molecule has 0 spiro atoms. The van der Waals surface area contributed by atoms with Crippen LogP contribution >= 0.6 is 0 Å². The van der Waals surface area contributed by atoms with E-state index >= 15 is 0 Å². The number of fused-ring (bicyclic) bond motifs is 1. The zero-order chi connectivity index (χ0) is 14.8. The van der Waals surface area contributed by atoms with E-state index in [-0.39, 0.29) is 24.4 Å². The molecule has 2 atom stereocenters. The highest BCUT2D eigenvalue weighted by Crippen LogP contribution is 2.25. The van der Waals surface area contributed by atoms with Gasteiger partial charge in [-0.05, 0) is 25.3 Å². The SMILES string of the molecule is O=C(Cn1ncc2ccccc21)N[C@@H]1CC[C@H](C(=O)O)C1. The average Bonchev–Trinajstić information content (AvgIpc) is 3.07. The van der Waals surface area contributed by atoms with Crippen LogP contribution in [-0.4, -0.2) is 32.8 Å². The van der Waals surface area contributed by atoms with Gasteiger partial charge >= 0.3 is 5.97 Å². The lowest BCUT2D eigenvalue weighted by molar-refractivity contribution is -0.141. The number of nitrogens with one attached hydrogen (secondary N) is 1. The molecule has 1 fully saturated rings. The van der Waals surface area contributed by atoms with Crippen LogP contribution in [0.4, 0.5) is 0 Å². The van der Waals surface area contributed by atoms with Gasteiger partial charge in [-0.1, -0.05) is 18.2 Å². The van der Waals surface area contributed by atoms with E-state index in [2.05, 4.69) is 10.4 Å². The standard InChI is InChI=1S/C15H17N3O3/c19-14(17-12-6-5-10(7-12)15(20)21)9-18-13-4-2-1-3-11(13)8-16-18/h1-4,8,10,12H,5-7,9H2,(H,17,19)(H,20,21)/t10-,12+/m0/s1. The first kappa shape index (κ1) is 13.6. The summed E-state index contributed by atoms with van der Waals surface area (Å²) in [7, 11) is 0. The Hall–Kier alpha value is -2.37. The molecule has 0 saturated heterocycles. The number of aliphatic carboxylic acids is 1. The third-order valence-corrected chi connectivity index (χ3v) is 3.99. The minimum atomic E-state index is -0.773. The first-order valence-corrected chi connectivity index (χ1v) is 7.06. The second-order valence-corrected chi connectivity index (χ2v) is 5.47. The predicted octanol–water partition coefficient (Wildman–Crippen LogP) is 1.41. The van der Waals surface area contributed by atoms with Crippen LogP contribution in [-0.2, 0) is 16.1 Å². The van der Waals surface area contributed by atoms with Crippen molar-refractivity contribution in [2.45, 2.75) is 31.8 Å². The van der Waals surface area contributed by atoms with Gasteiger partial charge < -0.3 is 10.4 Å². The topological polar surface area (TPSA) is 84.2 Å². The van der Waals surface area contributed by atoms with E-state index in [4.69, 9.17) is 5.11 Å². The smallest absolute Gasteiger partial charge is 0.306 e. The van der Waals surface area contributed by atoms with Crippen LogP contribution in [0.15, 0.2) is 30.5 Å². The number of rotatable bonds is 4. The molecule has 1 aliphatic carbocycles. The molecule has 3 rings (SSSR count). The zero-order valence-corrected chi connectivity index (χ0v) is 11.5. The molecule has 2 N–H and O–H groups in total. The highest BCUT2D eigenvalue weighted by Gasteiger charge is 2.30. The highest BCUT2D eigenvalue weighted by molar-refractivity contribution is 5.82. The molecule has 0 radical (unpaired) electrons. The molecule has 0 aliphatic heterocycles. The van der Waals surface area contributed by atoms with Gasteiger partial charge in [-0.2, -0.15) is 5.10 Å². The van der Waals surface area contributed by atoms with Crippen molar-refractivity contribution in [3.05, 3.63) is 30.5 Å². The molecule has 110 valence electrons. The van der Waals surface area contributed by atoms with Crippen molar-refractivity contribution in [1.29, 1.82) is 0 Å². The molecule has 6 heteroatoms. The molecule has 1 amide bonds. The second-order valence-electron chi connectivity index (χ2n) is 5.47. The van der Waals surface area contributed by atoms with E-state index in [9.17, 15) is 9.59 Å². The molecule has 1 saturated carbocycles. The number of benzene rings is 1. The third kappa shape index (κ3) is 2.89. The van der Waals surface area contributed by atoms with Crippen molar-refractivity contribution in [2.24, 2.45) is 5.92 Å². The molecule has 1 aromatic heterocycles. The fourth-order valence-electron chi connectivity index (χ4n) is 2.90. The molecule has 2 aromatic rings. The monoisotopic (exact) mass is 287 g/mol. The first-order valence-electron chi connectivity index (χ1n) is 7.06. The summed E-state index contributed by atoms with van der Waals surface area (Å²) in [5.41, 5.74) is 0.919. The molecule has 1 heterocycles. The van der Waals surface area contributed by atoms with Gasteiger partial charge in [0, 0.05) is 11.4 Å². The Morgan fingerprint density at radius 2 is 2.14 bits per heavy atom. The van der Waals surface area contributed by atoms with Crippen LogP contribution in [0.2, 0.25) is 0 Å². The third-order valence-electron chi connectivity index (χ3n) is 3.99. The second kappa shape index (κ2) is 5.55. The van der Waals surface area contributed by atoms with Crippen LogP contribution in [0.5, 0.6) is 0 Å². The Kier molecular flexibility index (Phi) is 3.60. The van der Waals surface area contributed by atoms with Gasteiger partial charge in [-0.3, -0.25) is 14.3 Å². The highest BCUT2D eigenvalue weighted by atomic mass is 16.4. The Balaban J connectivity index is 1.61. The summed E-state index contributed by atoms with van der Waals surface area (Å²) >= 11 is 0. The molecular weight excluding hydrogens is 270 g/mol. The summed E-state index contributed by atoms with van der Waals surface area (Å²) in [6, 6.07) is 7.67. The molecule has 0 unspecified atom stereocenters. The number of carbonyl (C=O) groups excluding carboxylic acids is 1. The number of amides is 1. The number of hydrogen-bond donors (Lipinski definition) is 2. The number of carbonyl (C=O) groups is 2. The molecular formula is C15H17N3O3. The van der Waals surface area contributed by atoms with E-state index in [0.717, 1.165) is 17.3 Å². The van der Waals surface area contributed by atoms with Gasteiger partial charge in [0.25, 0.3) is 0 Å². The van der Waals surface area contributed by atoms with Crippen molar-refractivity contribution < 1.29 is 14.7 Å². The number of carboxylic acid groups (broad SMARTS) is 1. The van der Waals surface area contributed by atoms with E-state index < -0.39 is 5.97 Å². The van der Waals surface area contributed by atoms with Crippen molar-refractivity contribution in [1.82, 2.24) is 15.1 Å². The lowest BCUT2D eigenvalue weighted by Crippen LogP contribution is -2.36. The van der Waals surface area contributed by atoms with Gasteiger partial charge in [-0.15, -0.1) is 0 Å². The van der Waals surface area contributed by atoms with Crippen LogP contribution in [0.1, 0.15) is 19.3 Å². The molecule has 6 nitrogen and oxygen atoms in total. The summed E-state index contributed by atoms with van der Waals surface area (Å²) in [5, 5.41) is 17.1. The van der Waals surface area contributed by atoms with E-state index in [1.807, 2.05) is 24.3 Å². The number of nitrogens with zero attached hydrogens (tertiary/aromatic N) is 2. The Labute approximate surface area is 121 Å². The summed E-state index contributed by atoms with van der Waals surface area (Å²) in [6.45, 7) is 0.155. The van der Waals surface area contributed by atoms with Crippen LogP contribution in [0, 0.1) is 5.92 Å². The van der Waals surface area contributed by atoms with Gasteiger partial charge in [-0.25, -0.2) is 0 Å². The Morgan fingerprint density at radius 1 is 1.33 bits per heavy atom. The minimum Gasteiger partial charge on any atom is -0.481 e. The maximum absolute atomic E-state index is 12.1. The largest absolute Gasteiger partial charge is 0.481 e. The minimum absolute atomic E-state index is 0.0413. The number of aromatic nitrogens is 2. The van der Waals surface area contributed by atoms with E-state index in [0.29, 0.717) is 12.8 Å². The fourth-order valence-corrected chi connectivity index (χ4v) is 2.90. The predicted molar refractivity (Wildman–Crippen MR) is 76.6 cm³/mol. The van der Waals surface area contributed by atoms with Gasteiger partial charge in [0.15, 0.2) is 0 Å². The molecule has 0 bridgehead atoms. The Morgan fingerprint density at radius 3 is 2.90 bits per heavy atom. The maximum Gasteiger partial charge on any atom is 0.306 e. The normalized spacial score (nSPS) is 21.5. The molecule has 1 aliphatic rings. The molecule has 1 aromatic carbocycles. The number of carboxylic acids is 1. The fraction of sp³-hybridized carbons (Fsp3) is 0.400. The summed E-state index contributed by atoms with van der Waals surface area (Å²) < 4.78 is 1.66. The van der Waals surface area contributed by atoms with E-state index in [1.165, 1.54) is 0 Å². The van der Waals surface area contributed by atoms with Gasteiger partial charge in [0.2, 0.25) is 5.91 Å². The van der Waals surface area contributed by atoms with Crippen LogP contribution < -0.4 is 5.32 Å². The quantitative estimate of drug-likeness (QED) is 0.890. The number of hydrogen-bond acceptors (Lipinski definition) is 3. The van der Waals surface area contributed by atoms with Crippen molar-refractivity contribution in [3.63, 3.8) is 0 Å². The number of para-hydroxylation sites is 1. The van der Waals surface area contributed by atoms with Crippen molar-refractivity contribution in [2.75, 3.05) is 0 Å². The average molecular weight is 287 g/mol. The lowest BCUT2D eigenvalue weighted by Gasteiger charge is -2.12. The zero-order valence-electron chi connectivity index (χ0n) is 11.5. The van der Waals surface area contributed by atoms with Gasteiger partial charge in [0.05, 0.1) is 17.6 Å². The molecule has 21 heavy (non-hydrogen) atoms. The van der Waals surface area contributed by atoms with Crippen molar-refractivity contribution >= 4 is 22.8 Å². The maximum atomic E-state index is 12.1. The summed E-state index contributed by atoms with van der Waals surface area (Å²) in [4.78, 5) is 23.0. The van der Waals surface area contributed by atoms with Crippen LogP contribution in [0.3, 0.4) is 0 Å².